The van der Waals surface area contributed by atoms with Crippen LogP contribution in [-0.4, -0.2) is 44.1 Å². The van der Waals surface area contributed by atoms with Crippen molar-refractivity contribution in [3.63, 3.8) is 0 Å². The van der Waals surface area contributed by atoms with Gasteiger partial charge in [0.25, 0.3) is 0 Å². The van der Waals surface area contributed by atoms with Crippen LogP contribution >= 0.6 is 0 Å². The molecular weight excluding hydrogens is 398 g/mol. The Morgan fingerprint density at radius 1 is 0.938 bits per heavy atom. The average molecular weight is 424 g/mol. The molecule has 0 saturated carbocycles. The first kappa shape index (κ1) is 20.1. The highest BCUT2D eigenvalue weighted by atomic mass is 16.2. The van der Waals surface area contributed by atoms with Crippen molar-refractivity contribution >= 4 is 5.91 Å². The highest BCUT2D eigenvalue weighted by molar-refractivity contribution is 5.79. The molecular formula is C26H25N5O. The summed E-state index contributed by atoms with van der Waals surface area (Å²) in [4.78, 5) is 23.7. The highest BCUT2D eigenvalue weighted by Crippen LogP contribution is 2.27. The molecule has 0 bridgehead atoms. The van der Waals surface area contributed by atoms with E-state index in [0.29, 0.717) is 18.8 Å². The molecule has 0 spiro atoms. The molecule has 1 saturated heterocycles. The van der Waals surface area contributed by atoms with E-state index < -0.39 is 0 Å². The molecule has 5 rings (SSSR count). The van der Waals surface area contributed by atoms with Crippen molar-refractivity contribution < 1.29 is 4.79 Å². The van der Waals surface area contributed by atoms with Crippen LogP contribution in [0.1, 0.15) is 30.1 Å². The van der Waals surface area contributed by atoms with Gasteiger partial charge in [0, 0.05) is 37.0 Å². The van der Waals surface area contributed by atoms with Crippen LogP contribution in [0.5, 0.6) is 0 Å². The maximum atomic E-state index is 13.0. The summed E-state index contributed by atoms with van der Waals surface area (Å²) in [5.41, 5.74) is 4.32. The number of pyridine rings is 1. The minimum atomic E-state index is 0.163. The fourth-order valence-corrected chi connectivity index (χ4v) is 4.25. The summed E-state index contributed by atoms with van der Waals surface area (Å²) >= 11 is 0. The molecule has 32 heavy (non-hydrogen) atoms. The van der Waals surface area contributed by atoms with Crippen molar-refractivity contribution in [2.45, 2.75) is 25.2 Å². The number of nitrogens with zero attached hydrogens (tertiary/aromatic N) is 4. The molecule has 0 aliphatic carbocycles. The Labute approximate surface area is 187 Å². The van der Waals surface area contributed by atoms with Crippen LogP contribution < -0.4 is 0 Å². The molecule has 1 atom stereocenters. The Morgan fingerprint density at radius 2 is 1.69 bits per heavy atom. The van der Waals surface area contributed by atoms with E-state index in [1.807, 2.05) is 35.2 Å². The van der Waals surface area contributed by atoms with Gasteiger partial charge in [-0.05, 0) is 41.7 Å². The molecule has 0 radical (unpaired) electrons. The third-order valence-corrected chi connectivity index (χ3v) is 6.02. The van der Waals surface area contributed by atoms with Gasteiger partial charge < -0.3 is 4.90 Å². The van der Waals surface area contributed by atoms with Gasteiger partial charge in [-0.2, -0.15) is 5.10 Å². The molecule has 0 unspecified atom stereocenters. The van der Waals surface area contributed by atoms with E-state index in [2.05, 4.69) is 56.6 Å². The van der Waals surface area contributed by atoms with Crippen LogP contribution in [0.4, 0.5) is 0 Å². The molecule has 4 aromatic rings. The highest BCUT2D eigenvalue weighted by Gasteiger charge is 2.27. The van der Waals surface area contributed by atoms with E-state index in [9.17, 15) is 4.79 Å². The number of rotatable bonds is 5. The number of aromatic amines is 1. The number of hydrogen-bond donors (Lipinski definition) is 1. The fourth-order valence-electron chi connectivity index (χ4n) is 4.25. The summed E-state index contributed by atoms with van der Waals surface area (Å²) in [5, 5.41) is 7.45. The number of piperidine rings is 1. The summed E-state index contributed by atoms with van der Waals surface area (Å²) in [7, 11) is 0. The normalized spacial score (nSPS) is 16.1. The number of likely N-dealkylation sites (tertiary alicyclic amines) is 1. The minimum Gasteiger partial charge on any atom is -0.342 e. The summed E-state index contributed by atoms with van der Waals surface area (Å²) < 4.78 is 0. The van der Waals surface area contributed by atoms with Crippen LogP contribution in [0, 0.1) is 0 Å². The van der Waals surface area contributed by atoms with E-state index in [-0.39, 0.29) is 11.8 Å². The van der Waals surface area contributed by atoms with Gasteiger partial charge in [-0.1, -0.05) is 54.6 Å². The topological polar surface area (TPSA) is 74.8 Å². The minimum absolute atomic E-state index is 0.163. The predicted octanol–water partition coefficient (Wildman–Crippen LogP) is 4.48. The van der Waals surface area contributed by atoms with Gasteiger partial charge in [-0.25, -0.2) is 4.98 Å². The van der Waals surface area contributed by atoms with Crippen molar-refractivity contribution in [3.05, 3.63) is 90.5 Å². The molecule has 6 heteroatoms. The summed E-state index contributed by atoms with van der Waals surface area (Å²) in [5.74, 6) is 1.86. The number of carbonyl (C=O) groups is 1. The van der Waals surface area contributed by atoms with Crippen molar-refractivity contribution in [3.8, 4) is 22.5 Å². The Hall–Kier alpha value is -3.80. The lowest BCUT2D eigenvalue weighted by Crippen LogP contribution is -2.40. The van der Waals surface area contributed by atoms with Crippen molar-refractivity contribution in [1.29, 1.82) is 0 Å². The van der Waals surface area contributed by atoms with Crippen LogP contribution in [0.25, 0.3) is 22.5 Å². The molecule has 1 fully saturated rings. The zero-order valence-corrected chi connectivity index (χ0v) is 17.8. The molecule has 1 aliphatic heterocycles. The third kappa shape index (κ3) is 4.44. The van der Waals surface area contributed by atoms with Crippen molar-refractivity contribution in [2.75, 3.05) is 13.1 Å². The van der Waals surface area contributed by atoms with Gasteiger partial charge in [-0.3, -0.25) is 14.9 Å². The van der Waals surface area contributed by atoms with Crippen molar-refractivity contribution in [2.24, 2.45) is 0 Å². The second-order valence-corrected chi connectivity index (χ2v) is 8.20. The Kier molecular flexibility index (Phi) is 5.75. The zero-order valence-electron chi connectivity index (χ0n) is 17.8. The number of H-pyrrole nitrogens is 1. The van der Waals surface area contributed by atoms with Gasteiger partial charge in [-0.15, -0.1) is 0 Å². The van der Waals surface area contributed by atoms with Gasteiger partial charge >= 0.3 is 0 Å². The number of carbonyl (C=O) groups excluding carboxylic acids is 1. The largest absolute Gasteiger partial charge is 0.342 e. The van der Waals surface area contributed by atoms with E-state index in [1.165, 1.54) is 5.56 Å². The molecule has 6 nitrogen and oxygen atoms in total. The predicted molar refractivity (Wildman–Crippen MR) is 124 cm³/mol. The number of amides is 1. The Bertz CT molecular complexity index is 1170. The smallest absolute Gasteiger partial charge is 0.227 e. The lowest BCUT2D eigenvalue weighted by molar-refractivity contribution is -0.131. The Morgan fingerprint density at radius 3 is 2.47 bits per heavy atom. The average Bonchev–Trinajstić information content (AvgIpc) is 3.36. The quantitative estimate of drug-likeness (QED) is 0.513. The Balaban J connectivity index is 1.23. The van der Waals surface area contributed by atoms with Gasteiger partial charge in [0.15, 0.2) is 5.82 Å². The maximum absolute atomic E-state index is 13.0. The molecule has 1 amide bonds. The first-order valence-electron chi connectivity index (χ1n) is 11.0. The van der Waals surface area contributed by atoms with Gasteiger partial charge in [0.2, 0.25) is 5.91 Å². The lowest BCUT2D eigenvalue weighted by atomic mass is 9.96. The lowest BCUT2D eigenvalue weighted by Gasteiger charge is -2.31. The van der Waals surface area contributed by atoms with E-state index in [0.717, 1.165) is 41.9 Å². The first-order valence-corrected chi connectivity index (χ1v) is 11.0. The van der Waals surface area contributed by atoms with Crippen LogP contribution in [0.15, 0.2) is 79.1 Å². The van der Waals surface area contributed by atoms with E-state index in [1.54, 1.807) is 12.4 Å². The molecule has 2 aromatic heterocycles. The van der Waals surface area contributed by atoms with Gasteiger partial charge in [0.1, 0.15) is 5.82 Å². The molecule has 3 heterocycles. The van der Waals surface area contributed by atoms with E-state index in [4.69, 9.17) is 0 Å². The number of aromatic nitrogens is 4. The first-order chi connectivity index (χ1) is 15.8. The van der Waals surface area contributed by atoms with Crippen LogP contribution in [0.2, 0.25) is 0 Å². The number of hydrogen-bond acceptors (Lipinski definition) is 4. The van der Waals surface area contributed by atoms with E-state index >= 15 is 0 Å². The number of benzene rings is 2. The fraction of sp³-hybridized carbons (Fsp3) is 0.231. The SMILES string of the molecule is O=C(Cc1ccc(-c2ccccc2)cc1)N1CCC[C@H](c2nc(-c3ccncc3)n[nH]2)C1. The maximum Gasteiger partial charge on any atom is 0.227 e. The van der Waals surface area contributed by atoms with Crippen LogP contribution in [-0.2, 0) is 11.2 Å². The van der Waals surface area contributed by atoms with Crippen molar-refractivity contribution in [1.82, 2.24) is 25.1 Å². The second kappa shape index (κ2) is 9.14. The third-order valence-electron chi connectivity index (χ3n) is 6.02. The molecule has 160 valence electrons. The van der Waals surface area contributed by atoms with Gasteiger partial charge in [0.05, 0.1) is 6.42 Å². The van der Waals surface area contributed by atoms with Crippen LogP contribution in [0.3, 0.4) is 0 Å². The molecule has 2 aromatic carbocycles. The zero-order chi connectivity index (χ0) is 21.8. The number of nitrogens with one attached hydrogen (secondary N) is 1. The second-order valence-electron chi connectivity index (χ2n) is 8.20. The standard InChI is InChI=1S/C26H25N5O/c32-24(17-19-8-10-21(11-9-19)20-5-2-1-3-6-20)31-16-4-7-23(18-31)26-28-25(29-30-26)22-12-14-27-15-13-22/h1-3,5-6,8-15,23H,4,7,16-18H2,(H,28,29,30)/t23-/m0/s1. The summed E-state index contributed by atoms with van der Waals surface area (Å²) in [6, 6.07) is 22.4. The summed E-state index contributed by atoms with van der Waals surface area (Å²) in [6.45, 7) is 1.47. The molecule has 1 N–H and O–H groups in total. The monoisotopic (exact) mass is 423 g/mol. The summed E-state index contributed by atoms with van der Waals surface area (Å²) in [6.07, 6.45) is 5.85. The molecule has 1 aliphatic rings.